The Bertz CT molecular complexity index is 359. The van der Waals surface area contributed by atoms with E-state index < -0.39 is 9.84 Å². The predicted molar refractivity (Wildman–Crippen MR) is 69.9 cm³/mol. The third kappa shape index (κ3) is 3.66. The van der Waals surface area contributed by atoms with Gasteiger partial charge in [0.25, 0.3) is 0 Å². The number of likely N-dealkylation sites (tertiary alicyclic amines) is 1. The van der Waals surface area contributed by atoms with Gasteiger partial charge in [0.1, 0.15) is 0 Å². The molecule has 5 heteroatoms. The van der Waals surface area contributed by atoms with E-state index >= 15 is 0 Å². The number of hydrogen-bond acceptors (Lipinski definition) is 4. The van der Waals surface area contributed by atoms with Crippen LogP contribution < -0.4 is 5.32 Å². The predicted octanol–water partition coefficient (Wildman–Crippen LogP) is 0.495. The molecule has 2 aliphatic rings. The zero-order chi connectivity index (χ0) is 12.5. The number of rotatable bonds is 3. The van der Waals surface area contributed by atoms with Crippen molar-refractivity contribution in [2.24, 2.45) is 5.41 Å². The van der Waals surface area contributed by atoms with E-state index in [0.29, 0.717) is 16.9 Å². The molecule has 100 valence electrons. The monoisotopic (exact) mass is 260 g/mol. The van der Waals surface area contributed by atoms with Crippen LogP contribution in [0.25, 0.3) is 0 Å². The molecule has 2 heterocycles. The van der Waals surface area contributed by atoms with E-state index in [0.717, 1.165) is 26.1 Å². The summed E-state index contributed by atoms with van der Waals surface area (Å²) < 4.78 is 22.7. The van der Waals surface area contributed by atoms with E-state index in [9.17, 15) is 8.42 Å². The van der Waals surface area contributed by atoms with Gasteiger partial charge >= 0.3 is 0 Å². The molecule has 2 aliphatic heterocycles. The van der Waals surface area contributed by atoms with Gasteiger partial charge in [0.05, 0.1) is 11.5 Å². The molecular weight excluding hydrogens is 236 g/mol. The Morgan fingerprint density at radius 2 is 2.00 bits per heavy atom. The van der Waals surface area contributed by atoms with Crippen LogP contribution in [0.3, 0.4) is 0 Å². The van der Waals surface area contributed by atoms with Crippen LogP contribution in [0.15, 0.2) is 0 Å². The van der Waals surface area contributed by atoms with E-state index in [-0.39, 0.29) is 6.04 Å². The van der Waals surface area contributed by atoms with E-state index in [2.05, 4.69) is 24.2 Å². The minimum Gasteiger partial charge on any atom is -0.312 e. The molecule has 4 nitrogen and oxygen atoms in total. The van der Waals surface area contributed by atoms with E-state index in [4.69, 9.17) is 0 Å². The smallest absolute Gasteiger partial charge is 0.151 e. The fourth-order valence-corrected chi connectivity index (χ4v) is 4.39. The standard InChI is InChI=1S/C12H24N2O2S/c1-12(4-6-14(2)7-5-12)10-13-11-3-8-17(15,16)9-11/h11,13H,3-10H2,1-2H3. The average molecular weight is 260 g/mol. The van der Waals surface area contributed by atoms with Crippen LogP contribution in [0.1, 0.15) is 26.2 Å². The lowest BCUT2D eigenvalue weighted by atomic mass is 9.80. The third-order valence-electron chi connectivity index (χ3n) is 4.24. The summed E-state index contributed by atoms with van der Waals surface area (Å²) in [5.41, 5.74) is 0.346. The van der Waals surface area contributed by atoms with Crippen molar-refractivity contribution in [1.82, 2.24) is 10.2 Å². The fraction of sp³-hybridized carbons (Fsp3) is 1.00. The number of nitrogens with one attached hydrogen (secondary N) is 1. The lowest BCUT2D eigenvalue weighted by Crippen LogP contribution is -2.44. The van der Waals surface area contributed by atoms with Gasteiger partial charge in [-0.3, -0.25) is 0 Å². The molecule has 2 rings (SSSR count). The zero-order valence-electron chi connectivity index (χ0n) is 10.9. The first kappa shape index (κ1) is 13.3. The fourth-order valence-electron chi connectivity index (χ4n) is 2.68. The van der Waals surface area contributed by atoms with Crippen LogP contribution >= 0.6 is 0 Å². The molecular formula is C12H24N2O2S. The number of hydrogen-bond donors (Lipinski definition) is 1. The van der Waals surface area contributed by atoms with Crippen molar-refractivity contribution in [3.8, 4) is 0 Å². The summed E-state index contributed by atoms with van der Waals surface area (Å²) in [6.45, 7) is 5.58. The molecule has 0 radical (unpaired) electrons. The molecule has 2 saturated heterocycles. The normalized spacial score (nSPS) is 32.7. The topological polar surface area (TPSA) is 49.4 Å². The highest BCUT2D eigenvalue weighted by Crippen LogP contribution is 2.29. The molecule has 1 N–H and O–H groups in total. The Hall–Kier alpha value is -0.130. The first-order valence-electron chi connectivity index (χ1n) is 6.51. The maximum absolute atomic E-state index is 11.4. The summed E-state index contributed by atoms with van der Waals surface area (Å²) in [7, 11) is -0.584. The summed E-state index contributed by atoms with van der Waals surface area (Å²) >= 11 is 0. The maximum atomic E-state index is 11.4. The molecule has 2 fully saturated rings. The van der Waals surface area contributed by atoms with Gasteiger partial charge in [-0.2, -0.15) is 0 Å². The molecule has 0 aromatic rings. The van der Waals surface area contributed by atoms with Crippen LogP contribution in [-0.2, 0) is 9.84 Å². The summed E-state index contributed by atoms with van der Waals surface area (Å²) in [5, 5.41) is 3.46. The Morgan fingerprint density at radius 3 is 2.53 bits per heavy atom. The molecule has 1 unspecified atom stereocenters. The van der Waals surface area contributed by atoms with Crippen molar-refractivity contribution < 1.29 is 8.42 Å². The van der Waals surface area contributed by atoms with Gasteiger partial charge in [0, 0.05) is 12.6 Å². The van der Waals surface area contributed by atoms with Crippen LogP contribution in [0.2, 0.25) is 0 Å². The second-order valence-corrected chi connectivity index (χ2v) is 8.32. The van der Waals surface area contributed by atoms with Crippen LogP contribution in [-0.4, -0.2) is 57.5 Å². The summed E-state index contributed by atoms with van der Waals surface area (Å²) in [6, 6.07) is 0.191. The molecule has 0 saturated carbocycles. The molecule has 0 bridgehead atoms. The van der Waals surface area contributed by atoms with Crippen molar-refractivity contribution in [3.05, 3.63) is 0 Å². The Labute approximate surface area is 105 Å². The molecule has 0 spiro atoms. The first-order valence-corrected chi connectivity index (χ1v) is 8.33. The quantitative estimate of drug-likeness (QED) is 0.802. The van der Waals surface area contributed by atoms with Gasteiger partial charge < -0.3 is 10.2 Å². The summed E-state index contributed by atoms with van der Waals surface area (Å²) in [4.78, 5) is 2.36. The second-order valence-electron chi connectivity index (χ2n) is 6.09. The summed E-state index contributed by atoms with van der Waals surface area (Å²) in [5.74, 6) is 0.701. The van der Waals surface area contributed by atoms with Crippen LogP contribution in [0.5, 0.6) is 0 Å². The van der Waals surface area contributed by atoms with E-state index in [1.165, 1.54) is 12.8 Å². The lowest BCUT2D eigenvalue weighted by molar-refractivity contribution is 0.134. The van der Waals surface area contributed by atoms with Crippen molar-refractivity contribution in [2.75, 3.05) is 38.2 Å². The van der Waals surface area contributed by atoms with Gasteiger partial charge in [-0.05, 0) is 44.8 Å². The van der Waals surface area contributed by atoms with Gasteiger partial charge in [-0.15, -0.1) is 0 Å². The van der Waals surface area contributed by atoms with Crippen LogP contribution in [0, 0.1) is 5.41 Å². The maximum Gasteiger partial charge on any atom is 0.151 e. The van der Waals surface area contributed by atoms with Gasteiger partial charge in [0.2, 0.25) is 0 Å². The highest BCUT2D eigenvalue weighted by atomic mass is 32.2. The highest BCUT2D eigenvalue weighted by Gasteiger charge is 2.32. The highest BCUT2D eigenvalue weighted by molar-refractivity contribution is 7.91. The average Bonchev–Trinajstić information content (AvgIpc) is 2.61. The van der Waals surface area contributed by atoms with E-state index in [1.54, 1.807) is 0 Å². The minimum atomic E-state index is -2.75. The van der Waals surface area contributed by atoms with Crippen LogP contribution in [0.4, 0.5) is 0 Å². The van der Waals surface area contributed by atoms with Crippen molar-refractivity contribution in [2.45, 2.75) is 32.2 Å². The molecule has 0 aromatic heterocycles. The number of sulfone groups is 1. The lowest BCUT2D eigenvalue weighted by Gasteiger charge is -2.38. The van der Waals surface area contributed by atoms with Crippen molar-refractivity contribution in [1.29, 1.82) is 0 Å². The van der Waals surface area contributed by atoms with Gasteiger partial charge in [-0.25, -0.2) is 8.42 Å². The van der Waals surface area contributed by atoms with Crippen molar-refractivity contribution >= 4 is 9.84 Å². The molecule has 0 aliphatic carbocycles. The van der Waals surface area contributed by atoms with Gasteiger partial charge in [0.15, 0.2) is 9.84 Å². The molecule has 17 heavy (non-hydrogen) atoms. The Kier molecular flexibility index (Phi) is 3.80. The number of nitrogens with zero attached hydrogens (tertiary/aromatic N) is 1. The third-order valence-corrected chi connectivity index (χ3v) is 6.01. The Balaban J connectivity index is 1.78. The number of piperidine rings is 1. The summed E-state index contributed by atoms with van der Waals surface area (Å²) in [6.07, 6.45) is 3.20. The Morgan fingerprint density at radius 1 is 1.35 bits per heavy atom. The van der Waals surface area contributed by atoms with Crippen molar-refractivity contribution in [3.63, 3.8) is 0 Å². The largest absolute Gasteiger partial charge is 0.312 e. The van der Waals surface area contributed by atoms with E-state index in [1.807, 2.05) is 0 Å². The van der Waals surface area contributed by atoms with Gasteiger partial charge in [-0.1, -0.05) is 6.92 Å². The molecule has 1 atom stereocenters. The molecule has 0 aromatic carbocycles. The SMILES string of the molecule is CN1CCC(C)(CNC2CCS(=O)(=O)C2)CC1. The second kappa shape index (κ2) is 4.86. The zero-order valence-corrected chi connectivity index (χ0v) is 11.7. The minimum absolute atomic E-state index is 0.191. The molecule has 0 amide bonds. The first-order chi connectivity index (χ1) is 7.89.